The summed E-state index contributed by atoms with van der Waals surface area (Å²) in [5.41, 5.74) is 2.29. The van der Waals surface area contributed by atoms with Gasteiger partial charge in [0.1, 0.15) is 10.8 Å². The fraction of sp³-hybridized carbons (Fsp3) is 0.0455. The van der Waals surface area contributed by atoms with Crippen LogP contribution in [-0.4, -0.2) is 15.9 Å². The van der Waals surface area contributed by atoms with E-state index in [9.17, 15) is 4.79 Å². The van der Waals surface area contributed by atoms with E-state index in [-0.39, 0.29) is 12.3 Å². The second-order valence-electron chi connectivity index (χ2n) is 6.02. The molecular weight excluding hydrogens is 370 g/mol. The quantitative estimate of drug-likeness (QED) is 0.495. The summed E-state index contributed by atoms with van der Waals surface area (Å²) in [4.78, 5) is 21.2. The maximum absolute atomic E-state index is 12.5. The zero-order valence-corrected chi connectivity index (χ0v) is 15.7. The lowest BCUT2D eigenvalue weighted by atomic mass is 10.2. The molecule has 0 saturated heterocycles. The normalized spacial score (nSPS) is 10.4. The molecule has 0 fully saturated rings. The highest BCUT2D eigenvalue weighted by molar-refractivity contribution is 7.13. The third kappa shape index (κ3) is 4.42. The van der Waals surface area contributed by atoms with Crippen molar-refractivity contribution in [3.05, 3.63) is 90.2 Å². The number of nitrogens with zero attached hydrogens (tertiary/aromatic N) is 2. The Kier molecular flexibility index (Phi) is 5.40. The molecule has 0 atom stereocenters. The minimum atomic E-state index is -0.146. The maximum Gasteiger partial charge on any atom is 0.230 e. The van der Waals surface area contributed by atoms with Gasteiger partial charge in [0.05, 0.1) is 17.8 Å². The van der Waals surface area contributed by atoms with Crippen molar-refractivity contribution in [1.29, 1.82) is 0 Å². The highest BCUT2D eigenvalue weighted by atomic mass is 32.1. The number of para-hydroxylation sites is 3. The maximum atomic E-state index is 12.5. The molecule has 4 aromatic rings. The number of anilines is 1. The number of benzene rings is 2. The lowest BCUT2D eigenvalue weighted by Crippen LogP contribution is -2.15. The van der Waals surface area contributed by atoms with Crippen molar-refractivity contribution < 1.29 is 9.53 Å². The first-order chi connectivity index (χ1) is 13.8. The zero-order chi connectivity index (χ0) is 19.2. The van der Waals surface area contributed by atoms with Crippen molar-refractivity contribution in [3.8, 4) is 22.1 Å². The lowest BCUT2D eigenvalue weighted by Gasteiger charge is -2.11. The number of rotatable bonds is 6. The standard InChI is InChI=1S/C22H17N3O2S/c26-21(13-17-15-28-22(24-17)16-7-6-12-23-14-16)25-19-10-4-5-11-20(19)27-18-8-2-1-3-9-18/h1-12,14-15H,13H2,(H,25,26). The van der Waals surface area contributed by atoms with E-state index in [0.717, 1.165) is 16.3 Å². The van der Waals surface area contributed by atoms with E-state index >= 15 is 0 Å². The molecule has 0 spiro atoms. The van der Waals surface area contributed by atoms with Crippen LogP contribution in [0.25, 0.3) is 10.6 Å². The molecule has 0 unspecified atom stereocenters. The van der Waals surface area contributed by atoms with Crippen molar-refractivity contribution in [2.24, 2.45) is 0 Å². The second-order valence-corrected chi connectivity index (χ2v) is 6.88. The average Bonchev–Trinajstić information content (AvgIpc) is 3.19. The molecule has 1 amide bonds. The molecule has 2 aromatic heterocycles. The van der Waals surface area contributed by atoms with E-state index in [1.807, 2.05) is 72.1 Å². The molecule has 0 saturated carbocycles. The first-order valence-corrected chi connectivity index (χ1v) is 9.62. The van der Waals surface area contributed by atoms with Gasteiger partial charge < -0.3 is 10.1 Å². The van der Waals surface area contributed by atoms with Gasteiger partial charge in [-0.2, -0.15) is 0 Å². The van der Waals surface area contributed by atoms with E-state index in [1.165, 1.54) is 11.3 Å². The van der Waals surface area contributed by atoms with Crippen LogP contribution >= 0.6 is 11.3 Å². The van der Waals surface area contributed by atoms with E-state index < -0.39 is 0 Å². The van der Waals surface area contributed by atoms with E-state index in [0.29, 0.717) is 17.2 Å². The predicted molar refractivity (Wildman–Crippen MR) is 111 cm³/mol. The van der Waals surface area contributed by atoms with Crippen LogP contribution in [0.5, 0.6) is 11.5 Å². The number of hydrogen-bond acceptors (Lipinski definition) is 5. The highest BCUT2D eigenvalue weighted by Gasteiger charge is 2.12. The molecule has 28 heavy (non-hydrogen) atoms. The minimum Gasteiger partial charge on any atom is -0.455 e. The summed E-state index contributed by atoms with van der Waals surface area (Å²) >= 11 is 1.50. The molecule has 2 heterocycles. The number of amides is 1. The van der Waals surface area contributed by atoms with Crippen LogP contribution in [0.3, 0.4) is 0 Å². The molecule has 0 bridgehead atoms. The second kappa shape index (κ2) is 8.45. The van der Waals surface area contributed by atoms with Crippen LogP contribution in [0.15, 0.2) is 84.5 Å². The van der Waals surface area contributed by atoms with Gasteiger partial charge in [0, 0.05) is 23.3 Å². The summed E-state index contributed by atoms with van der Waals surface area (Å²) in [6, 6.07) is 20.7. The van der Waals surface area contributed by atoms with Crippen molar-refractivity contribution in [1.82, 2.24) is 9.97 Å². The molecular formula is C22H17N3O2S. The summed E-state index contributed by atoms with van der Waals surface area (Å²) < 4.78 is 5.89. The number of aromatic nitrogens is 2. The Labute approximate surface area is 166 Å². The van der Waals surface area contributed by atoms with Gasteiger partial charge in [-0.15, -0.1) is 11.3 Å². The SMILES string of the molecule is O=C(Cc1csc(-c2cccnc2)n1)Nc1ccccc1Oc1ccccc1. The van der Waals surface area contributed by atoms with Gasteiger partial charge >= 0.3 is 0 Å². The Morgan fingerprint density at radius 3 is 2.64 bits per heavy atom. The van der Waals surface area contributed by atoms with Crippen LogP contribution in [0.1, 0.15) is 5.69 Å². The third-order valence-electron chi connectivity index (χ3n) is 3.93. The molecule has 4 rings (SSSR count). The van der Waals surface area contributed by atoms with Gasteiger partial charge in [-0.3, -0.25) is 9.78 Å². The summed E-state index contributed by atoms with van der Waals surface area (Å²) in [5, 5.41) is 5.66. The largest absolute Gasteiger partial charge is 0.455 e. The molecule has 2 aromatic carbocycles. The molecule has 6 heteroatoms. The Balaban J connectivity index is 1.44. The summed E-state index contributed by atoms with van der Waals surface area (Å²) in [7, 11) is 0. The Bertz CT molecular complexity index is 1070. The Morgan fingerprint density at radius 1 is 1.00 bits per heavy atom. The van der Waals surface area contributed by atoms with Crippen LogP contribution in [0.2, 0.25) is 0 Å². The minimum absolute atomic E-state index is 0.146. The summed E-state index contributed by atoms with van der Waals surface area (Å²) in [5.74, 6) is 1.16. The fourth-order valence-electron chi connectivity index (χ4n) is 2.64. The average molecular weight is 387 g/mol. The van der Waals surface area contributed by atoms with Crippen molar-refractivity contribution >= 4 is 22.9 Å². The Morgan fingerprint density at radius 2 is 1.82 bits per heavy atom. The lowest BCUT2D eigenvalue weighted by molar-refractivity contribution is -0.115. The first-order valence-electron chi connectivity index (χ1n) is 8.74. The summed E-state index contributed by atoms with van der Waals surface area (Å²) in [6.45, 7) is 0. The van der Waals surface area contributed by atoms with E-state index in [1.54, 1.807) is 12.4 Å². The van der Waals surface area contributed by atoms with Gasteiger partial charge in [-0.1, -0.05) is 30.3 Å². The topological polar surface area (TPSA) is 64.1 Å². The number of ether oxygens (including phenoxy) is 1. The zero-order valence-electron chi connectivity index (χ0n) is 14.9. The number of nitrogens with one attached hydrogen (secondary N) is 1. The third-order valence-corrected chi connectivity index (χ3v) is 4.87. The van der Waals surface area contributed by atoms with Crippen LogP contribution in [0, 0.1) is 0 Å². The Hall–Kier alpha value is -3.51. The molecule has 0 aliphatic heterocycles. The first kappa shape index (κ1) is 17.9. The molecule has 0 radical (unpaired) electrons. The van der Waals surface area contributed by atoms with Crippen molar-refractivity contribution in [3.63, 3.8) is 0 Å². The monoisotopic (exact) mass is 387 g/mol. The number of hydrogen-bond donors (Lipinski definition) is 1. The van der Waals surface area contributed by atoms with Gasteiger partial charge in [-0.05, 0) is 36.4 Å². The number of carbonyl (C=O) groups is 1. The number of pyridine rings is 1. The van der Waals surface area contributed by atoms with E-state index in [2.05, 4.69) is 15.3 Å². The van der Waals surface area contributed by atoms with Crippen LogP contribution in [0.4, 0.5) is 5.69 Å². The molecule has 5 nitrogen and oxygen atoms in total. The molecule has 1 N–H and O–H groups in total. The summed E-state index contributed by atoms with van der Waals surface area (Å²) in [6.07, 6.45) is 3.68. The van der Waals surface area contributed by atoms with Crippen molar-refractivity contribution in [2.75, 3.05) is 5.32 Å². The smallest absolute Gasteiger partial charge is 0.230 e. The number of thiazole rings is 1. The van der Waals surface area contributed by atoms with Crippen LogP contribution in [-0.2, 0) is 11.2 Å². The van der Waals surface area contributed by atoms with Crippen molar-refractivity contribution in [2.45, 2.75) is 6.42 Å². The predicted octanol–water partition coefficient (Wildman–Crippen LogP) is 5.18. The van der Waals surface area contributed by atoms with Gasteiger partial charge in [-0.25, -0.2) is 4.98 Å². The van der Waals surface area contributed by atoms with E-state index in [4.69, 9.17) is 4.74 Å². The molecule has 138 valence electrons. The molecule has 0 aliphatic carbocycles. The highest BCUT2D eigenvalue weighted by Crippen LogP contribution is 2.29. The number of carbonyl (C=O) groups excluding carboxylic acids is 1. The van der Waals surface area contributed by atoms with Gasteiger partial charge in [0.25, 0.3) is 0 Å². The van der Waals surface area contributed by atoms with Gasteiger partial charge in [0.15, 0.2) is 5.75 Å². The fourth-order valence-corrected chi connectivity index (χ4v) is 3.45. The van der Waals surface area contributed by atoms with Crippen LogP contribution < -0.4 is 10.1 Å². The van der Waals surface area contributed by atoms with Gasteiger partial charge in [0.2, 0.25) is 5.91 Å². The molecule has 0 aliphatic rings.